The quantitative estimate of drug-likeness (QED) is 0.623. The van der Waals surface area contributed by atoms with E-state index in [1.807, 2.05) is 18.7 Å². The maximum Gasteiger partial charge on any atom is 1.00 e. The van der Waals surface area contributed by atoms with Gasteiger partial charge in [0, 0.05) is 5.54 Å². The van der Waals surface area contributed by atoms with Gasteiger partial charge >= 0.3 is 58.4 Å². The zero-order chi connectivity index (χ0) is 11.0. The minimum absolute atomic E-state index is 0. The van der Waals surface area contributed by atoms with Crippen LogP contribution in [0.2, 0.25) is 0 Å². The van der Waals surface area contributed by atoms with E-state index in [1.165, 1.54) is 0 Å². The molecule has 0 spiro atoms. The summed E-state index contributed by atoms with van der Waals surface area (Å²) in [4.78, 5) is 1.87. The number of likely N-dealkylation sites (tertiary alicyclic amines) is 1. The third kappa shape index (κ3) is 4.52. The molecule has 0 aromatic carbocycles. The third-order valence-corrected chi connectivity index (χ3v) is 2.93. The van der Waals surface area contributed by atoms with Gasteiger partial charge in [0.1, 0.15) is 0 Å². The molecule has 0 aromatic heterocycles. The second-order valence-corrected chi connectivity index (χ2v) is 4.57. The molecule has 1 aliphatic rings. The molecule has 1 heterocycles. The Kier molecular flexibility index (Phi) is 6.14. The molecule has 1 nitrogen and oxygen atoms in total. The van der Waals surface area contributed by atoms with E-state index in [4.69, 9.17) is 0 Å². The van der Waals surface area contributed by atoms with Crippen LogP contribution < -0.4 is 51.4 Å². The predicted octanol–water partition coefficient (Wildman–Crippen LogP) is -0.192. The molecule has 1 saturated heterocycles. The minimum Gasteiger partial charge on any atom is -0.445 e. The summed E-state index contributed by atoms with van der Waals surface area (Å²) in [7, 11) is 0. The average molecular weight is 245 g/mol. The minimum atomic E-state index is -4.87. The van der Waals surface area contributed by atoms with Crippen LogP contribution in [0.15, 0.2) is 12.1 Å². The molecule has 0 aromatic rings. The second kappa shape index (κ2) is 5.69. The fourth-order valence-corrected chi connectivity index (χ4v) is 1.81. The van der Waals surface area contributed by atoms with Crippen molar-refractivity contribution in [3.8, 4) is 0 Å². The SMILES string of the molecule is C=C(CN1CCCC1(C)C)[B-](F)(F)F.[K+]. The van der Waals surface area contributed by atoms with Gasteiger partial charge in [-0.1, -0.05) is 0 Å². The Morgan fingerprint density at radius 1 is 1.40 bits per heavy atom. The standard InChI is InChI=1S/C9H16BF3N.K/c1-8(10(11,12)13)7-14-6-4-5-9(14,2)3;/h1,4-7H2,2-3H3;/q-1;+1. The smallest absolute Gasteiger partial charge is 0.445 e. The van der Waals surface area contributed by atoms with Crippen LogP contribution >= 0.6 is 0 Å². The molecule has 0 unspecified atom stereocenters. The molecule has 0 N–H and O–H groups in total. The molecule has 0 amide bonds. The van der Waals surface area contributed by atoms with E-state index < -0.39 is 12.4 Å². The summed E-state index contributed by atoms with van der Waals surface area (Å²) >= 11 is 0. The molecule has 1 rings (SSSR count). The van der Waals surface area contributed by atoms with Crippen molar-refractivity contribution in [1.82, 2.24) is 4.90 Å². The first-order chi connectivity index (χ1) is 6.23. The Labute approximate surface area is 132 Å². The summed E-state index contributed by atoms with van der Waals surface area (Å²) in [5, 5.41) is 0. The van der Waals surface area contributed by atoms with Crippen LogP contribution in [0.3, 0.4) is 0 Å². The van der Waals surface area contributed by atoms with Crippen molar-refractivity contribution < 1.29 is 64.3 Å². The van der Waals surface area contributed by atoms with Crippen LogP contribution in [0.1, 0.15) is 26.7 Å². The molecule has 82 valence electrons. The molecule has 0 bridgehead atoms. The van der Waals surface area contributed by atoms with Gasteiger partial charge in [-0.25, -0.2) is 0 Å². The summed E-state index contributed by atoms with van der Waals surface area (Å²) in [6.45, 7) is 2.93. The molecule has 0 radical (unpaired) electrons. The van der Waals surface area contributed by atoms with Gasteiger partial charge in [0.2, 0.25) is 0 Å². The van der Waals surface area contributed by atoms with Crippen molar-refractivity contribution in [1.29, 1.82) is 0 Å². The van der Waals surface area contributed by atoms with Crippen LogP contribution in [0.25, 0.3) is 0 Å². The van der Waals surface area contributed by atoms with E-state index in [0.717, 1.165) is 19.4 Å². The Balaban J connectivity index is 0.00000196. The van der Waals surface area contributed by atoms with E-state index in [-0.39, 0.29) is 63.5 Å². The number of nitrogens with zero attached hydrogens (tertiary/aromatic N) is 1. The van der Waals surface area contributed by atoms with Gasteiger partial charge in [0.25, 0.3) is 0 Å². The summed E-state index contributed by atoms with van der Waals surface area (Å²) in [6.07, 6.45) is 1.94. The van der Waals surface area contributed by atoms with Gasteiger partial charge in [-0.05, 0) is 39.8 Å². The largest absolute Gasteiger partial charge is 1.00 e. The van der Waals surface area contributed by atoms with E-state index in [1.54, 1.807) is 0 Å². The van der Waals surface area contributed by atoms with E-state index in [0.29, 0.717) is 0 Å². The maximum atomic E-state index is 12.3. The second-order valence-electron chi connectivity index (χ2n) is 4.57. The van der Waals surface area contributed by atoms with Crippen molar-refractivity contribution in [2.24, 2.45) is 0 Å². The maximum absolute atomic E-state index is 12.3. The van der Waals surface area contributed by atoms with Gasteiger partial charge in [-0.2, -0.15) is 0 Å². The zero-order valence-corrected chi connectivity index (χ0v) is 12.8. The van der Waals surface area contributed by atoms with Crippen molar-refractivity contribution in [2.45, 2.75) is 32.2 Å². The fourth-order valence-electron chi connectivity index (χ4n) is 1.81. The summed E-state index contributed by atoms with van der Waals surface area (Å²) in [5.74, 6) is 0. The monoisotopic (exact) mass is 245 g/mol. The number of hydrogen-bond donors (Lipinski definition) is 0. The number of hydrogen-bond acceptors (Lipinski definition) is 1. The molecule has 0 aliphatic carbocycles. The van der Waals surface area contributed by atoms with Crippen LogP contribution in [0.5, 0.6) is 0 Å². The first-order valence-corrected chi connectivity index (χ1v) is 4.86. The Morgan fingerprint density at radius 3 is 2.27 bits per heavy atom. The molecule has 1 fully saturated rings. The fraction of sp³-hybridized carbons (Fsp3) is 0.778. The van der Waals surface area contributed by atoms with Gasteiger partial charge in [-0.15, -0.1) is 12.1 Å². The summed E-state index contributed by atoms with van der Waals surface area (Å²) in [6, 6.07) is 0. The number of halogens is 3. The van der Waals surface area contributed by atoms with E-state index in [2.05, 4.69) is 6.58 Å². The van der Waals surface area contributed by atoms with Crippen LogP contribution in [-0.2, 0) is 0 Å². The topological polar surface area (TPSA) is 3.24 Å². The molecular formula is C9H16BF3KN. The van der Waals surface area contributed by atoms with E-state index in [9.17, 15) is 12.9 Å². The van der Waals surface area contributed by atoms with Crippen LogP contribution in [0, 0.1) is 0 Å². The summed E-state index contributed by atoms with van der Waals surface area (Å²) < 4.78 is 36.9. The molecule has 0 atom stereocenters. The predicted molar refractivity (Wildman–Crippen MR) is 53.1 cm³/mol. The third-order valence-electron chi connectivity index (χ3n) is 2.93. The molecule has 15 heavy (non-hydrogen) atoms. The van der Waals surface area contributed by atoms with Gasteiger partial charge < -0.3 is 12.9 Å². The van der Waals surface area contributed by atoms with Crippen LogP contribution in [-0.4, -0.2) is 30.5 Å². The first-order valence-electron chi connectivity index (χ1n) is 4.86. The number of rotatable bonds is 3. The zero-order valence-electron chi connectivity index (χ0n) is 9.69. The molecular weight excluding hydrogens is 229 g/mol. The Hall–Kier alpha value is 1.19. The molecule has 0 saturated carbocycles. The Bertz CT molecular complexity index is 240. The molecule has 1 aliphatic heterocycles. The van der Waals surface area contributed by atoms with E-state index >= 15 is 0 Å². The average Bonchev–Trinajstić information content (AvgIpc) is 2.29. The Morgan fingerprint density at radius 2 is 1.93 bits per heavy atom. The van der Waals surface area contributed by atoms with Crippen LogP contribution in [0.4, 0.5) is 12.9 Å². The van der Waals surface area contributed by atoms with Gasteiger partial charge in [0.05, 0.1) is 0 Å². The first kappa shape index (κ1) is 16.2. The molecule has 6 heteroatoms. The van der Waals surface area contributed by atoms with Crippen molar-refractivity contribution in [2.75, 3.05) is 13.1 Å². The summed E-state index contributed by atoms with van der Waals surface area (Å²) in [5.41, 5.74) is -0.690. The normalized spacial score (nSPS) is 21.1. The van der Waals surface area contributed by atoms with Crippen molar-refractivity contribution in [3.05, 3.63) is 12.1 Å². The van der Waals surface area contributed by atoms with Crippen molar-refractivity contribution >= 4 is 6.98 Å². The van der Waals surface area contributed by atoms with Gasteiger partial charge in [-0.3, -0.25) is 4.90 Å². The van der Waals surface area contributed by atoms with Crippen molar-refractivity contribution in [3.63, 3.8) is 0 Å². The van der Waals surface area contributed by atoms with Gasteiger partial charge in [0.15, 0.2) is 0 Å².